The van der Waals surface area contributed by atoms with Crippen LogP contribution in [0.5, 0.6) is 0 Å². The van der Waals surface area contributed by atoms with Crippen LogP contribution in [0.15, 0.2) is 91.0 Å². The first kappa shape index (κ1) is 25.6. The minimum absolute atomic E-state index is 0.197. The van der Waals surface area contributed by atoms with Gasteiger partial charge in [-0.2, -0.15) is 0 Å². The molecule has 7 nitrogen and oxygen atoms in total. The van der Waals surface area contributed by atoms with Gasteiger partial charge in [-0.3, -0.25) is 4.79 Å². The molecular formula is C30H33NO6. The number of ether oxygens (including phenoxy) is 4. The Labute approximate surface area is 217 Å². The Morgan fingerprint density at radius 3 is 1.84 bits per heavy atom. The Kier molecular flexibility index (Phi) is 8.61. The van der Waals surface area contributed by atoms with Crippen LogP contribution in [0.1, 0.15) is 23.1 Å². The van der Waals surface area contributed by atoms with E-state index in [0.29, 0.717) is 19.8 Å². The summed E-state index contributed by atoms with van der Waals surface area (Å²) in [5, 5.41) is 13.2. The van der Waals surface area contributed by atoms with E-state index in [9.17, 15) is 9.90 Å². The van der Waals surface area contributed by atoms with Crippen molar-refractivity contribution in [1.29, 1.82) is 0 Å². The molecule has 2 fully saturated rings. The second-order valence-electron chi connectivity index (χ2n) is 9.52. The van der Waals surface area contributed by atoms with Gasteiger partial charge >= 0.3 is 0 Å². The molecule has 2 aliphatic rings. The van der Waals surface area contributed by atoms with E-state index in [0.717, 1.165) is 16.7 Å². The molecule has 0 saturated carbocycles. The predicted molar refractivity (Wildman–Crippen MR) is 137 cm³/mol. The summed E-state index contributed by atoms with van der Waals surface area (Å²) >= 11 is 0. The van der Waals surface area contributed by atoms with Crippen LogP contribution in [0.3, 0.4) is 0 Å². The van der Waals surface area contributed by atoms with Crippen molar-refractivity contribution in [3.05, 3.63) is 108 Å². The molecule has 0 radical (unpaired) electrons. The van der Waals surface area contributed by atoms with E-state index >= 15 is 0 Å². The molecule has 5 rings (SSSR count). The topological polar surface area (TPSA) is 86.3 Å². The van der Waals surface area contributed by atoms with Gasteiger partial charge in [-0.1, -0.05) is 91.0 Å². The zero-order valence-electron chi connectivity index (χ0n) is 20.6. The lowest BCUT2D eigenvalue weighted by Gasteiger charge is -2.49. The number of amides is 1. The molecule has 7 heteroatoms. The molecule has 0 spiro atoms. The highest BCUT2D eigenvalue weighted by Gasteiger charge is 2.51. The monoisotopic (exact) mass is 503 g/mol. The first-order chi connectivity index (χ1) is 18.2. The van der Waals surface area contributed by atoms with Crippen LogP contribution < -0.4 is 5.32 Å². The Balaban J connectivity index is 1.36. The van der Waals surface area contributed by atoms with E-state index < -0.39 is 42.5 Å². The summed E-state index contributed by atoms with van der Waals surface area (Å²) in [6.45, 7) is 1.45. The molecule has 3 aromatic rings. The number of rotatable bonds is 10. The molecule has 0 unspecified atom stereocenters. The average molecular weight is 504 g/mol. The fraction of sp³-hybridized carbons (Fsp3) is 0.367. The number of carbonyl (C=O) groups excluding carboxylic acids is 1. The third-order valence-electron chi connectivity index (χ3n) is 6.83. The summed E-state index contributed by atoms with van der Waals surface area (Å²) in [5.41, 5.74) is 3.11. The third-order valence-corrected chi connectivity index (χ3v) is 6.83. The van der Waals surface area contributed by atoms with Crippen molar-refractivity contribution < 1.29 is 28.8 Å². The largest absolute Gasteiger partial charge is 0.383 e. The number of hydrogen-bond acceptors (Lipinski definition) is 6. The summed E-state index contributed by atoms with van der Waals surface area (Å²) in [6, 6.07) is 29.3. The quantitative estimate of drug-likeness (QED) is 0.441. The van der Waals surface area contributed by atoms with Crippen molar-refractivity contribution in [1.82, 2.24) is 5.32 Å². The number of fused-ring (bicyclic) bond motifs is 1. The number of hydrogen-bond donors (Lipinski definition) is 2. The fourth-order valence-corrected chi connectivity index (χ4v) is 4.91. The van der Waals surface area contributed by atoms with Crippen molar-refractivity contribution >= 4 is 5.91 Å². The van der Waals surface area contributed by atoms with Gasteiger partial charge in [0.1, 0.15) is 24.4 Å². The summed E-state index contributed by atoms with van der Waals surface area (Å²) in [6.07, 6.45) is -2.79. The second-order valence-corrected chi connectivity index (χ2v) is 9.52. The molecule has 2 aliphatic heterocycles. The van der Waals surface area contributed by atoms with E-state index in [1.165, 1.54) is 0 Å². The minimum Gasteiger partial charge on any atom is -0.383 e. The Hall–Kier alpha value is -3.07. The van der Waals surface area contributed by atoms with Crippen molar-refractivity contribution in [2.24, 2.45) is 0 Å². The summed E-state index contributed by atoms with van der Waals surface area (Å²) < 4.78 is 25.4. The lowest BCUT2D eigenvalue weighted by molar-refractivity contribution is -0.241. The van der Waals surface area contributed by atoms with E-state index in [1.54, 1.807) is 0 Å². The van der Waals surface area contributed by atoms with Crippen LogP contribution in [0.2, 0.25) is 0 Å². The molecule has 3 aromatic carbocycles. The van der Waals surface area contributed by atoms with Gasteiger partial charge in [-0.25, -0.2) is 0 Å². The minimum atomic E-state index is -1.12. The molecule has 0 aliphatic carbocycles. The van der Waals surface area contributed by atoms with Crippen molar-refractivity contribution in [2.75, 3.05) is 6.61 Å². The highest BCUT2D eigenvalue weighted by molar-refractivity contribution is 5.82. The molecular weight excluding hydrogens is 470 g/mol. The van der Waals surface area contributed by atoms with Gasteiger partial charge in [0.15, 0.2) is 0 Å². The first-order valence-electron chi connectivity index (χ1n) is 12.7. The first-order valence-corrected chi connectivity index (χ1v) is 12.7. The lowest BCUT2D eigenvalue weighted by Crippen LogP contribution is -2.69. The highest BCUT2D eigenvalue weighted by atomic mass is 16.6. The number of carbonyl (C=O) groups is 1. The van der Waals surface area contributed by atoms with Gasteiger partial charge in [0.2, 0.25) is 5.91 Å². The lowest BCUT2D eigenvalue weighted by atomic mass is 9.86. The van der Waals surface area contributed by atoms with Crippen LogP contribution in [-0.4, -0.2) is 54.2 Å². The van der Waals surface area contributed by atoms with E-state index in [4.69, 9.17) is 18.9 Å². The molecule has 37 heavy (non-hydrogen) atoms. The van der Waals surface area contributed by atoms with Crippen LogP contribution >= 0.6 is 0 Å². The normalized spacial score (nSPS) is 27.3. The van der Waals surface area contributed by atoms with Crippen molar-refractivity contribution in [3.8, 4) is 0 Å². The molecule has 1 amide bonds. The van der Waals surface area contributed by atoms with Gasteiger partial charge in [-0.05, 0) is 16.7 Å². The number of benzene rings is 3. The van der Waals surface area contributed by atoms with E-state index in [-0.39, 0.29) is 13.0 Å². The van der Waals surface area contributed by atoms with Gasteiger partial charge in [0.05, 0.1) is 38.6 Å². The maximum Gasteiger partial charge on any atom is 0.249 e. The number of piperidine rings is 1. The second kappa shape index (κ2) is 12.4. The average Bonchev–Trinajstić information content (AvgIpc) is 2.93. The van der Waals surface area contributed by atoms with Crippen LogP contribution in [0.25, 0.3) is 0 Å². The van der Waals surface area contributed by atoms with Gasteiger partial charge in [0, 0.05) is 6.42 Å². The molecule has 2 saturated heterocycles. The number of aliphatic hydroxyl groups excluding tert-OH is 1. The summed E-state index contributed by atoms with van der Waals surface area (Å²) in [4.78, 5) is 12.4. The third kappa shape index (κ3) is 6.63. The van der Waals surface area contributed by atoms with Gasteiger partial charge < -0.3 is 29.4 Å². The number of nitrogens with one attached hydrogen (secondary N) is 1. The number of aliphatic hydroxyl groups is 1. The highest BCUT2D eigenvalue weighted by Crippen LogP contribution is 2.32. The maximum absolute atomic E-state index is 12.4. The zero-order chi connectivity index (χ0) is 25.5. The Morgan fingerprint density at radius 2 is 1.27 bits per heavy atom. The molecule has 2 N–H and O–H groups in total. The molecule has 194 valence electrons. The zero-order valence-corrected chi connectivity index (χ0v) is 20.6. The van der Waals surface area contributed by atoms with Crippen LogP contribution in [-0.2, 0) is 43.6 Å². The van der Waals surface area contributed by atoms with E-state index in [1.807, 2.05) is 91.0 Å². The Bertz CT molecular complexity index is 1110. The van der Waals surface area contributed by atoms with Gasteiger partial charge in [-0.15, -0.1) is 0 Å². The SMILES string of the molecule is O=C1N[C@@H]2[C@@H](OCc3ccccc3)[C@@H](OCc3ccccc3)[C@@H](COCc3ccccc3)O[C@H]2C[C@H]1O. The standard InChI is InChI=1S/C30H33NO6/c32-24-16-25-27(31-30(24)33)29(36-19-23-14-8-3-9-15-23)28(35-18-22-12-6-2-7-13-22)26(37-25)20-34-17-21-10-4-1-5-11-21/h1-15,24-29,32H,16-20H2,(H,31,33)/t24-,25+,26-,27+,28+,29-/m1/s1. The molecule has 6 atom stereocenters. The van der Waals surface area contributed by atoms with Crippen LogP contribution in [0.4, 0.5) is 0 Å². The van der Waals surface area contributed by atoms with Crippen molar-refractivity contribution in [2.45, 2.75) is 62.8 Å². The summed E-state index contributed by atoms with van der Waals surface area (Å²) in [5.74, 6) is -0.418. The smallest absolute Gasteiger partial charge is 0.249 e. The molecule has 2 heterocycles. The van der Waals surface area contributed by atoms with Gasteiger partial charge in [0.25, 0.3) is 0 Å². The maximum atomic E-state index is 12.4. The van der Waals surface area contributed by atoms with Crippen molar-refractivity contribution in [3.63, 3.8) is 0 Å². The predicted octanol–water partition coefficient (Wildman–Crippen LogP) is 3.39. The van der Waals surface area contributed by atoms with Crippen LogP contribution in [0, 0.1) is 0 Å². The fourth-order valence-electron chi connectivity index (χ4n) is 4.91. The van der Waals surface area contributed by atoms with E-state index in [2.05, 4.69) is 5.32 Å². The Morgan fingerprint density at radius 1 is 0.757 bits per heavy atom. The summed E-state index contributed by atoms with van der Waals surface area (Å²) in [7, 11) is 0. The molecule has 0 aromatic heterocycles. The molecule has 0 bridgehead atoms.